The number of aromatic amines is 1. The van der Waals surface area contributed by atoms with Crippen LogP contribution in [0.1, 0.15) is 22.8 Å². The van der Waals surface area contributed by atoms with Gasteiger partial charge in [0.2, 0.25) is 6.23 Å². The average molecular weight is 414 g/mol. The number of nitrogens with zero attached hydrogens (tertiary/aromatic N) is 1. The van der Waals surface area contributed by atoms with Crippen molar-refractivity contribution in [2.24, 2.45) is 0 Å². The Labute approximate surface area is 179 Å². The Morgan fingerprint density at radius 1 is 1.16 bits per heavy atom. The van der Waals surface area contributed by atoms with Crippen LogP contribution in [0.5, 0.6) is 5.75 Å². The summed E-state index contributed by atoms with van der Waals surface area (Å²) in [5, 5.41) is 1.16. The van der Waals surface area contributed by atoms with E-state index in [-0.39, 0.29) is 12.4 Å². The second kappa shape index (κ2) is 7.80. The maximum Gasteiger partial charge on any atom is 0.339 e. The van der Waals surface area contributed by atoms with Crippen LogP contribution in [0.15, 0.2) is 78.1 Å². The van der Waals surface area contributed by atoms with E-state index in [0.717, 1.165) is 17.3 Å². The zero-order valence-corrected chi connectivity index (χ0v) is 17.1. The van der Waals surface area contributed by atoms with Crippen LogP contribution in [0.4, 0.5) is 0 Å². The van der Waals surface area contributed by atoms with E-state index in [0.29, 0.717) is 29.0 Å². The van der Waals surface area contributed by atoms with Gasteiger partial charge in [0.15, 0.2) is 5.78 Å². The van der Waals surface area contributed by atoms with E-state index in [4.69, 9.17) is 9.47 Å². The van der Waals surface area contributed by atoms with Gasteiger partial charge in [0.05, 0.1) is 23.3 Å². The Balaban J connectivity index is 1.48. The minimum Gasteiger partial charge on any atom is -0.465 e. The monoisotopic (exact) mass is 414 g/mol. The van der Waals surface area contributed by atoms with Crippen molar-refractivity contribution < 1.29 is 19.1 Å². The zero-order valence-electron chi connectivity index (χ0n) is 17.1. The highest BCUT2D eigenvalue weighted by atomic mass is 16.5. The highest BCUT2D eigenvalue weighted by Crippen LogP contribution is 2.35. The summed E-state index contributed by atoms with van der Waals surface area (Å²) in [6.07, 6.45) is 5.49. The van der Waals surface area contributed by atoms with Crippen molar-refractivity contribution in [3.05, 3.63) is 89.3 Å². The third kappa shape index (κ3) is 3.40. The number of H-pyrrole nitrogens is 1. The summed E-state index contributed by atoms with van der Waals surface area (Å²) in [5.74, 6) is -0.0178. The Morgan fingerprint density at radius 3 is 2.84 bits per heavy atom. The molecule has 0 fully saturated rings. The van der Waals surface area contributed by atoms with Gasteiger partial charge < -0.3 is 19.4 Å². The SMILES string of the molecule is CCOC(=O)C1=CN(CCc2c[nH]c3ccccc23)C2Oc3ccccc3C(=O)C2=C1. The van der Waals surface area contributed by atoms with E-state index in [1.165, 1.54) is 5.56 Å². The van der Waals surface area contributed by atoms with Crippen molar-refractivity contribution in [1.82, 2.24) is 9.88 Å². The molecule has 2 aliphatic rings. The number of aromatic nitrogens is 1. The largest absolute Gasteiger partial charge is 0.465 e. The van der Waals surface area contributed by atoms with Crippen LogP contribution in [0, 0.1) is 0 Å². The third-order valence-electron chi connectivity index (χ3n) is 5.64. The summed E-state index contributed by atoms with van der Waals surface area (Å²) >= 11 is 0. The maximum atomic E-state index is 13.2. The van der Waals surface area contributed by atoms with Gasteiger partial charge in [-0.15, -0.1) is 0 Å². The molecule has 6 nitrogen and oxygen atoms in total. The number of para-hydroxylation sites is 2. The van der Waals surface area contributed by atoms with Crippen molar-refractivity contribution in [2.45, 2.75) is 19.6 Å². The molecule has 0 amide bonds. The summed E-state index contributed by atoms with van der Waals surface area (Å²) < 4.78 is 11.4. The molecule has 0 saturated carbocycles. The molecule has 0 aliphatic carbocycles. The number of benzene rings is 2. The van der Waals surface area contributed by atoms with Crippen LogP contribution < -0.4 is 4.74 Å². The van der Waals surface area contributed by atoms with Crippen LogP contribution in [0.25, 0.3) is 10.9 Å². The van der Waals surface area contributed by atoms with Crippen molar-refractivity contribution in [1.29, 1.82) is 0 Å². The fourth-order valence-electron chi connectivity index (χ4n) is 4.14. The van der Waals surface area contributed by atoms with Crippen LogP contribution >= 0.6 is 0 Å². The number of carbonyl (C=O) groups excluding carboxylic acids is 2. The fourth-order valence-corrected chi connectivity index (χ4v) is 4.14. The quantitative estimate of drug-likeness (QED) is 0.639. The van der Waals surface area contributed by atoms with Gasteiger partial charge in [0.25, 0.3) is 0 Å². The van der Waals surface area contributed by atoms with Gasteiger partial charge >= 0.3 is 5.97 Å². The first kappa shape index (κ1) is 19.2. The molecule has 31 heavy (non-hydrogen) atoms. The molecule has 3 heterocycles. The molecular weight excluding hydrogens is 392 g/mol. The molecule has 2 aliphatic heterocycles. The topological polar surface area (TPSA) is 71.6 Å². The molecule has 1 aromatic heterocycles. The first-order valence-electron chi connectivity index (χ1n) is 10.4. The van der Waals surface area contributed by atoms with Gasteiger partial charge in [0.1, 0.15) is 5.75 Å². The van der Waals surface area contributed by atoms with Crippen molar-refractivity contribution in [2.75, 3.05) is 13.2 Å². The predicted octanol–water partition coefficient (Wildman–Crippen LogP) is 4.00. The van der Waals surface area contributed by atoms with Gasteiger partial charge in [0, 0.05) is 29.8 Å². The molecule has 1 N–H and O–H groups in total. The van der Waals surface area contributed by atoms with E-state index < -0.39 is 12.2 Å². The highest BCUT2D eigenvalue weighted by molar-refractivity contribution is 6.13. The van der Waals surface area contributed by atoms with Crippen LogP contribution in [0.2, 0.25) is 0 Å². The maximum absolute atomic E-state index is 13.2. The van der Waals surface area contributed by atoms with E-state index in [9.17, 15) is 9.59 Å². The minimum atomic E-state index is -0.578. The molecule has 0 spiro atoms. The predicted molar refractivity (Wildman–Crippen MR) is 117 cm³/mol. The van der Waals surface area contributed by atoms with Crippen molar-refractivity contribution in [3.63, 3.8) is 0 Å². The van der Waals surface area contributed by atoms with E-state index in [2.05, 4.69) is 11.1 Å². The van der Waals surface area contributed by atoms with Gasteiger partial charge in [-0.1, -0.05) is 30.3 Å². The number of nitrogens with one attached hydrogen (secondary N) is 1. The molecule has 6 heteroatoms. The number of rotatable bonds is 5. The summed E-state index contributed by atoms with van der Waals surface area (Å²) in [6, 6.07) is 15.3. The molecule has 1 unspecified atom stereocenters. The highest BCUT2D eigenvalue weighted by Gasteiger charge is 2.38. The Kier molecular flexibility index (Phi) is 4.82. The number of ether oxygens (including phenoxy) is 2. The van der Waals surface area contributed by atoms with Crippen LogP contribution in [-0.2, 0) is 16.0 Å². The second-order valence-corrected chi connectivity index (χ2v) is 7.55. The Bertz CT molecular complexity index is 1240. The zero-order chi connectivity index (χ0) is 21.4. The summed E-state index contributed by atoms with van der Waals surface area (Å²) in [4.78, 5) is 30.8. The average Bonchev–Trinajstić information content (AvgIpc) is 3.21. The minimum absolute atomic E-state index is 0.126. The smallest absolute Gasteiger partial charge is 0.339 e. The molecule has 156 valence electrons. The molecule has 2 aromatic carbocycles. The summed E-state index contributed by atoms with van der Waals surface area (Å²) in [5.41, 5.74) is 3.55. The number of hydrogen-bond acceptors (Lipinski definition) is 5. The molecular formula is C25H22N2O4. The van der Waals surface area contributed by atoms with Gasteiger partial charge in [-0.2, -0.15) is 0 Å². The lowest BCUT2D eigenvalue weighted by atomic mass is 9.93. The lowest BCUT2D eigenvalue weighted by Gasteiger charge is -2.38. The first-order chi connectivity index (χ1) is 15.2. The normalized spacial score (nSPS) is 17.4. The lowest BCUT2D eigenvalue weighted by Crippen LogP contribution is -2.45. The van der Waals surface area contributed by atoms with Crippen LogP contribution in [-0.4, -0.2) is 41.0 Å². The van der Waals surface area contributed by atoms with Crippen molar-refractivity contribution >= 4 is 22.7 Å². The molecule has 3 aromatic rings. The summed E-state index contributed by atoms with van der Waals surface area (Å²) in [6.45, 7) is 2.60. The fraction of sp³-hybridized carbons (Fsp3) is 0.200. The van der Waals surface area contributed by atoms with Crippen LogP contribution in [0.3, 0.4) is 0 Å². The number of fused-ring (bicyclic) bond motifs is 3. The third-order valence-corrected chi connectivity index (χ3v) is 5.64. The Hall–Kier alpha value is -3.80. The number of esters is 1. The van der Waals surface area contributed by atoms with Gasteiger partial charge in [-0.05, 0) is 43.2 Å². The molecule has 0 bridgehead atoms. The standard InChI is InChI=1S/C25H22N2O4/c1-2-30-25(29)17-13-20-23(28)19-8-4-6-10-22(19)31-24(20)27(15-17)12-11-16-14-26-21-9-5-3-7-18(16)21/h3-10,13-15,24,26H,2,11-12H2,1H3. The van der Waals surface area contributed by atoms with E-state index >= 15 is 0 Å². The molecule has 5 rings (SSSR count). The number of ketones is 1. The van der Waals surface area contributed by atoms with E-state index in [1.54, 1.807) is 37.4 Å². The number of carbonyl (C=O) groups is 2. The Morgan fingerprint density at radius 2 is 1.97 bits per heavy atom. The summed E-state index contributed by atoms with van der Waals surface area (Å²) in [7, 11) is 0. The number of Topliss-reactive ketones (excluding diaryl/α,β-unsaturated/α-hetero) is 1. The first-order valence-corrected chi connectivity index (χ1v) is 10.4. The second-order valence-electron chi connectivity index (χ2n) is 7.55. The molecule has 0 radical (unpaired) electrons. The molecule has 0 saturated heterocycles. The van der Waals surface area contributed by atoms with Crippen molar-refractivity contribution in [3.8, 4) is 5.75 Å². The van der Waals surface area contributed by atoms with E-state index in [1.807, 2.05) is 35.4 Å². The van der Waals surface area contributed by atoms with Gasteiger partial charge in [-0.3, -0.25) is 4.79 Å². The molecule has 1 atom stereocenters. The number of hydrogen-bond donors (Lipinski definition) is 1. The lowest BCUT2D eigenvalue weighted by molar-refractivity contribution is -0.138. The van der Waals surface area contributed by atoms with Gasteiger partial charge in [-0.25, -0.2) is 4.79 Å².